The van der Waals surface area contributed by atoms with Crippen molar-refractivity contribution in [2.24, 2.45) is 0 Å². The van der Waals surface area contributed by atoms with E-state index in [1.54, 1.807) is 6.08 Å². The number of rotatable bonds is 43. The lowest BCUT2D eigenvalue weighted by Crippen LogP contribution is -2.45. The van der Waals surface area contributed by atoms with Crippen LogP contribution in [0.2, 0.25) is 0 Å². The van der Waals surface area contributed by atoms with Gasteiger partial charge in [0.2, 0.25) is 5.91 Å². The summed E-state index contributed by atoms with van der Waals surface area (Å²) >= 11 is 0. The standard InChI is InChI=1S/C54H93NO3/c1-3-5-7-9-10-11-12-13-14-15-16-17-18-19-20-21-22-23-24-25-26-27-28-29-30-31-32-33-34-35-36-37-38-39-40-41-42-43-44-46-48-50-54(58)55-52(51-56)53(57)49-47-45-8-6-4-2/h5,7,10-11,13-14,16-17,19-20,22-23,25-26,47,49,52-53,56-57H,3-4,6,8-9,12,15,18,21,24,27-46,48,50-51H2,1-2H3,(H,55,58)/b7-5-,11-10-,14-13-,17-16-,20-19-,23-22-,26-25-,49-47+. The van der Waals surface area contributed by atoms with Crippen molar-refractivity contribution >= 4 is 5.91 Å². The van der Waals surface area contributed by atoms with Crippen molar-refractivity contribution in [3.63, 3.8) is 0 Å². The van der Waals surface area contributed by atoms with Gasteiger partial charge in [-0.25, -0.2) is 0 Å². The minimum atomic E-state index is -0.837. The van der Waals surface area contributed by atoms with E-state index in [0.717, 1.165) is 70.6 Å². The highest BCUT2D eigenvalue weighted by atomic mass is 16.3. The highest BCUT2D eigenvalue weighted by Gasteiger charge is 2.17. The molecule has 0 fully saturated rings. The molecule has 1 amide bonds. The number of carbonyl (C=O) groups excluding carboxylic acids is 1. The average molecular weight is 804 g/mol. The van der Waals surface area contributed by atoms with Crippen molar-refractivity contribution < 1.29 is 15.0 Å². The molecule has 0 aromatic heterocycles. The molecule has 0 radical (unpaired) electrons. The van der Waals surface area contributed by atoms with E-state index in [4.69, 9.17) is 0 Å². The Kier molecular flexibility index (Phi) is 46.4. The number of amides is 1. The fourth-order valence-corrected chi connectivity index (χ4v) is 6.86. The summed E-state index contributed by atoms with van der Waals surface area (Å²) in [7, 11) is 0. The number of unbranched alkanes of at least 4 members (excludes halogenated alkanes) is 22. The van der Waals surface area contributed by atoms with Crippen LogP contribution in [0.15, 0.2) is 97.2 Å². The third-order valence-corrected chi connectivity index (χ3v) is 10.6. The van der Waals surface area contributed by atoms with Crippen LogP contribution >= 0.6 is 0 Å². The molecule has 58 heavy (non-hydrogen) atoms. The first kappa shape index (κ1) is 55.3. The van der Waals surface area contributed by atoms with Gasteiger partial charge < -0.3 is 15.5 Å². The van der Waals surface area contributed by atoms with E-state index in [0.29, 0.717) is 6.42 Å². The van der Waals surface area contributed by atoms with Crippen molar-refractivity contribution in [1.29, 1.82) is 0 Å². The summed E-state index contributed by atoms with van der Waals surface area (Å²) < 4.78 is 0. The fourth-order valence-electron chi connectivity index (χ4n) is 6.86. The Balaban J connectivity index is 3.42. The van der Waals surface area contributed by atoms with Gasteiger partial charge in [0, 0.05) is 6.42 Å². The molecule has 0 rings (SSSR count). The molecule has 0 aliphatic carbocycles. The molecule has 4 heteroatoms. The van der Waals surface area contributed by atoms with E-state index in [1.165, 1.54) is 128 Å². The van der Waals surface area contributed by atoms with E-state index >= 15 is 0 Å². The maximum absolute atomic E-state index is 12.3. The van der Waals surface area contributed by atoms with Gasteiger partial charge in [-0.2, -0.15) is 0 Å². The second-order valence-electron chi connectivity index (χ2n) is 16.1. The van der Waals surface area contributed by atoms with Gasteiger partial charge in [0.05, 0.1) is 18.8 Å². The first-order valence-electron chi connectivity index (χ1n) is 24.5. The maximum atomic E-state index is 12.3. The minimum absolute atomic E-state index is 0.0729. The Hall–Kier alpha value is -2.69. The van der Waals surface area contributed by atoms with Crippen molar-refractivity contribution in [3.05, 3.63) is 97.2 Å². The van der Waals surface area contributed by atoms with Gasteiger partial charge in [0.1, 0.15) is 0 Å². The third kappa shape index (κ3) is 44.4. The Bertz CT molecular complexity index is 1090. The van der Waals surface area contributed by atoms with Gasteiger partial charge in [0.25, 0.3) is 0 Å². The Labute approximate surface area is 360 Å². The zero-order valence-corrected chi connectivity index (χ0v) is 38.0. The van der Waals surface area contributed by atoms with Gasteiger partial charge >= 0.3 is 0 Å². The molecule has 4 nitrogen and oxygen atoms in total. The number of carbonyl (C=O) groups is 1. The number of nitrogens with one attached hydrogen (secondary N) is 1. The van der Waals surface area contributed by atoms with E-state index in [1.807, 2.05) is 6.08 Å². The lowest BCUT2D eigenvalue weighted by atomic mass is 10.0. The summed E-state index contributed by atoms with van der Waals surface area (Å²) in [5, 5.41) is 22.6. The topological polar surface area (TPSA) is 69.6 Å². The number of hydrogen-bond acceptors (Lipinski definition) is 3. The summed E-state index contributed by atoms with van der Waals surface area (Å²) in [6.07, 6.45) is 73.0. The quantitative estimate of drug-likeness (QED) is 0.0425. The van der Waals surface area contributed by atoms with Crippen molar-refractivity contribution in [3.8, 4) is 0 Å². The molecule has 2 unspecified atom stereocenters. The minimum Gasteiger partial charge on any atom is -0.394 e. The molecular weight excluding hydrogens is 711 g/mol. The van der Waals surface area contributed by atoms with Crippen LogP contribution < -0.4 is 5.32 Å². The Morgan fingerprint density at radius 3 is 1.14 bits per heavy atom. The Morgan fingerprint density at radius 1 is 0.431 bits per heavy atom. The van der Waals surface area contributed by atoms with Crippen LogP contribution in [-0.2, 0) is 4.79 Å². The molecule has 0 aromatic rings. The molecular formula is C54H93NO3. The fraction of sp³-hybridized carbons (Fsp3) is 0.685. The predicted octanol–water partition coefficient (Wildman–Crippen LogP) is 15.8. The highest BCUT2D eigenvalue weighted by Crippen LogP contribution is 2.15. The van der Waals surface area contributed by atoms with Gasteiger partial charge in [-0.1, -0.05) is 233 Å². The smallest absolute Gasteiger partial charge is 0.220 e. The lowest BCUT2D eigenvalue weighted by Gasteiger charge is -2.20. The highest BCUT2D eigenvalue weighted by molar-refractivity contribution is 5.76. The van der Waals surface area contributed by atoms with Crippen LogP contribution in [-0.4, -0.2) is 34.9 Å². The Morgan fingerprint density at radius 2 is 0.759 bits per heavy atom. The van der Waals surface area contributed by atoms with Crippen molar-refractivity contribution in [2.75, 3.05) is 6.61 Å². The van der Waals surface area contributed by atoms with Crippen LogP contribution in [0.1, 0.15) is 219 Å². The van der Waals surface area contributed by atoms with Gasteiger partial charge in [-0.05, 0) is 77.0 Å². The van der Waals surface area contributed by atoms with Crippen LogP contribution in [0.25, 0.3) is 0 Å². The molecule has 0 aromatic carbocycles. The summed E-state index contributed by atoms with van der Waals surface area (Å²) in [4.78, 5) is 12.3. The van der Waals surface area contributed by atoms with Crippen LogP contribution in [0.5, 0.6) is 0 Å². The van der Waals surface area contributed by atoms with Crippen molar-refractivity contribution in [1.82, 2.24) is 5.32 Å². The van der Waals surface area contributed by atoms with E-state index in [9.17, 15) is 15.0 Å². The summed E-state index contributed by atoms with van der Waals surface area (Å²) in [6, 6.07) is -0.620. The first-order chi connectivity index (χ1) is 28.7. The predicted molar refractivity (Wildman–Crippen MR) is 257 cm³/mol. The molecule has 0 bridgehead atoms. The monoisotopic (exact) mass is 804 g/mol. The van der Waals surface area contributed by atoms with Crippen molar-refractivity contribution in [2.45, 2.75) is 231 Å². The molecule has 0 aliphatic rings. The van der Waals surface area contributed by atoms with Crippen LogP contribution in [0.3, 0.4) is 0 Å². The SMILES string of the molecule is CC/C=C\C/C=C\C/C=C\C/C=C\C/C=C\C/C=C\C/C=C\CCCCCCCCCCCCCCCCCCCCCC(=O)NC(CO)C(O)/C=C/CCCCC. The first-order valence-corrected chi connectivity index (χ1v) is 24.5. The largest absolute Gasteiger partial charge is 0.394 e. The van der Waals surface area contributed by atoms with E-state index < -0.39 is 12.1 Å². The molecule has 332 valence electrons. The molecule has 0 saturated heterocycles. The normalized spacial score (nSPS) is 13.8. The van der Waals surface area contributed by atoms with Gasteiger partial charge in [-0.3, -0.25) is 4.79 Å². The zero-order chi connectivity index (χ0) is 42.1. The molecule has 0 heterocycles. The van der Waals surface area contributed by atoms with Gasteiger partial charge in [-0.15, -0.1) is 0 Å². The zero-order valence-electron chi connectivity index (χ0n) is 38.0. The number of hydrogen-bond donors (Lipinski definition) is 3. The second kappa shape index (κ2) is 48.7. The summed E-state index contributed by atoms with van der Waals surface area (Å²) in [5.74, 6) is -0.0729. The molecule has 3 N–H and O–H groups in total. The van der Waals surface area contributed by atoms with Crippen LogP contribution in [0, 0.1) is 0 Å². The van der Waals surface area contributed by atoms with E-state index in [-0.39, 0.29) is 12.5 Å². The van der Waals surface area contributed by atoms with E-state index in [2.05, 4.69) is 104 Å². The molecule has 0 aliphatic heterocycles. The maximum Gasteiger partial charge on any atom is 0.220 e. The summed E-state index contributed by atoms with van der Waals surface area (Å²) in [6.45, 7) is 4.08. The molecule has 0 spiro atoms. The lowest BCUT2D eigenvalue weighted by molar-refractivity contribution is -0.123. The summed E-state index contributed by atoms with van der Waals surface area (Å²) in [5.41, 5.74) is 0. The molecule has 2 atom stereocenters. The second-order valence-corrected chi connectivity index (χ2v) is 16.1. The number of aliphatic hydroxyl groups is 2. The third-order valence-electron chi connectivity index (χ3n) is 10.6. The number of aliphatic hydroxyl groups excluding tert-OH is 2. The molecule has 0 saturated carbocycles. The van der Waals surface area contributed by atoms with Gasteiger partial charge in [0.15, 0.2) is 0 Å². The number of allylic oxidation sites excluding steroid dienone is 15. The van der Waals surface area contributed by atoms with Crippen LogP contribution in [0.4, 0.5) is 0 Å². The average Bonchev–Trinajstić information content (AvgIpc) is 3.23.